The fourth-order valence-electron chi connectivity index (χ4n) is 1.61. The van der Waals surface area contributed by atoms with Crippen molar-refractivity contribution < 1.29 is 9.63 Å². The van der Waals surface area contributed by atoms with Crippen LogP contribution in [0.25, 0.3) is 12.2 Å². The summed E-state index contributed by atoms with van der Waals surface area (Å²) in [6, 6.07) is 14.4. The Kier molecular flexibility index (Phi) is 4.35. The third-order valence-electron chi connectivity index (χ3n) is 2.79. The molecule has 1 N–H and O–H groups in total. The average Bonchev–Trinajstić information content (AvgIpc) is 2.53. The van der Waals surface area contributed by atoms with Crippen molar-refractivity contribution in [2.45, 2.75) is 0 Å². The quantitative estimate of drug-likeness (QED) is 0.825. The molecule has 0 amide bonds. The predicted octanol–water partition coefficient (Wildman–Crippen LogP) is 4.16. The zero-order valence-corrected chi connectivity index (χ0v) is 11.0. The maximum absolute atomic E-state index is 11.8. The zero-order valence-electron chi connectivity index (χ0n) is 11.0. The van der Waals surface area contributed by atoms with Gasteiger partial charge >= 0.3 is 5.97 Å². The molecule has 0 atom stereocenters. The summed E-state index contributed by atoms with van der Waals surface area (Å²) < 4.78 is 0. The molecule has 0 saturated heterocycles. The molecule has 0 bridgehead atoms. The summed E-state index contributed by atoms with van der Waals surface area (Å²) in [5, 5.41) is 0. The Morgan fingerprint density at radius 1 is 0.900 bits per heavy atom. The highest BCUT2D eigenvalue weighted by Gasteiger charge is 2.06. The molecule has 0 radical (unpaired) electrons. The number of carbonyl (C=O) groups is 1. The van der Waals surface area contributed by atoms with Gasteiger partial charge in [0.2, 0.25) is 0 Å². The Labute approximate surface area is 118 Å². The van der Waals surface area contributed by atoms with Gasteiger partial charge in [-0.2, -0.15) is 0 Å². The van der Waals surface area contributed by atoms with E-state index in [1.54, 1.807) is 24.3 Å². The first-order valence-electron chi connectivity index (χ1n) is 6.15. The number of hydrogen-bond acceptors (Lipinski definition) is 3. The van der Waals surface area contributed by atoms with Crippen LogP contribution < -0.4 is 5.48 Å². The van der Waals surface area contributed by atoms with Crippen LogP contribution in [0.3, 0.4) is 0 Å². The van der Waals surface area contributed by atoms with E-state index >= 15 is 0 Å². The monoisotopic (exact) mass is 265 g/mol. The van der Waals surface area contributed by atoms with Crippen LogP contribution >= 0.6 is 0 Å². The maximum Gasteiger partial charge on any atom is 0.362 e. The Morgan fingerprint density at radius 2 is 1.40 bits per heavy atom. The molecular formula is C17H15NO2. The van der Waals surface area contributed by atoms with Gasteiger partial charge in [-0.05, 0) is 35.4 Å². The number of carbonyl (C=O) groups excluding carboxylic acids is 1. The van der Waals surface area contributed by atoms with Crippen molar-refractivity contribution in [3.05, 3.63) is 78.4 Å². The van der Waals surface area contributed by atoms with Crippen molar-refractivity contribution in [3.63, 3.8) is 0 Å². The molecule has 0 aliphatic carbocycles. The predicted molar refractivity (Wildman–Crippen MR) is 82.1 cm³/mol. The Balaban J connectivity index is 1.96. The van der Waals surface area contributed by atoms with E-state index < -0.39 is 5.97 Å². The topological polar surface area (TPSA) is 38.3 Å². The summed E-state index contributed by atoms with van der Waals surface area (Å²) in [5.41, 5.74) is 5.75. The lowest BCUT2D eigenvalue weighted by Crippen LogP contribution is -2.10. The van der Waals surface area contributed by atoms with Crippen LogP contribution in [0, 0.1) is 0 Å². The minimum absolute atomic E-state index is 0.437. The van der Waals surface area contributed by atoms with Crippen molar-refractivity contribution >= 4 is 23.8 Å². The minimum Gasteiger partial charge on any atom is -0.338 e. The maximum atomic E-state index is 11.8. The number of rotatable bonds is 5. The van der Waals surface area contributed by atoms with E-state index in [4.69, 9.17) is 4.84 Å². The average molecular weight is 265 g/mol. The first-order chi connectivity index (χ1) is 9.72. The largest absolute Gasteiger partial charge is 0.362 e. The number of benzene rings is 2. The summed E-state index contributed by atoms with van der Waals surface area (Å²) in [7, 11) is 0. The van der Waals surface area contributed by atoms with Crippen molar-refractivity contribution in [1.29, 1.82) is 0 Å². The zero-order chi connectivity index (χ0) is 14.4. The molecule has 0 aliphatic rings. The summed E-state index contributed by atoms with van der Waals surface area (Å²) in [4.78, 5) is 16.8. The van der Waals surface area contributed by atoms with Gasteiger partial charge in [-0.25, -0.2) is 10.3 Å². The summed E-state index contributed by atoms with van der Waals surface area (Å²) in [5.74, 6) is -0.437. The Hall–Kier alpha value is -2.81. The lowest BCUT2D eigenvalue weighted by molar-refractivity contribution is 0.0596. The van der Waals surface area contributed by atoms with Crippen LogP contribution in [0.5, 0.6) is 0 Å². The van der Waals surface area contributed by atoms with E-state index in [1.165, 1.54) is 0 Å². The lowest BCUT2D eigenvalue weighted by atomic mass is 10.1. The molecule has 2 aromatic rings. The van der Waals surface area contributed by atoms with Crippen molar-refractivity contribution in [2.75, 3.05) is 5.48 Å². The molecule has 3 heteroatoms. The molecular weight excluding hydrogens is 250 g/mol. The fourth-order valence-corrected chi connectivity index (χ4v) is 1.61. The standard InChI is InChI=1S/C17H15NO2/c1-3-13-5-9-15(10-6-13)17(19)20-18-16-11-7-14(4-2)8-12-16/h3-12,18H,1-2H2. The smallest absolute Gasteiger partial charge is 0.338 e. The molecule has 100 valence electrons. The van der Waals surface area contributed by atoms with E-state index in [2.05, 4.69) is 18.6 Å². The van der Waals surface area contributed by atoms with Gasteiger partial charge in [0.1, 0.15) is 0 Å². The molecule has 2 rings (SSSR count). The molecule has 0 saturated carbocycles. The van der Waals surface area contributed by atoms with Crippen LogP contribution in [-0.2, 0) is 4.84 Å². The highest BCUT2D eigenvalue weighted by Crippen LogP contribution is 2.12. The van der Waals surface area contributed by atoms with Crippen molar-refractivity contribution in [2.24, 2.45) is 0 Å². The van der Waals surface area contributed by atoms with E-state index in [9.17, 15) is 4.79 Å². The van der Waals surface area contributed by atoms with Gasteiger partial charge in [-0.3, -0.25) is 0 Å². The number of nitrogens with one attached hydrogen (secondary N) is 1. The van der Waals surface area contributed by atoms with Crippen LogP contribution in [-0.4, -0.2) is 5.97 Å². The molecule has 0 fully saturated rings. The number of anilines is 1. The molecule has 0 aliphatic heterocycles. The van der Waals surface area contributed by atoms with Crippen LogP contribution in [0.2, 0.25) is 0 Å². The van der Waals surface area contributed by atoms with Crippen LogP contribution in [0.1, 0.15) is 21.5 Å². The van der Waals surface area contributed by atoms with Crippen molar-refractivity contribution in [1.82, 2.24) is 0 Å². The normalized spacial score (nSPS) is 9.60. The molecule has 2 aromatic carbocycles. The van der Waals surface area contributed by atoms with Gasteiger partial charge in [-0.1, -0.05) is 49.6 Å². The van der Waals surface area contributed by atoms with Gasteiger partial charge in [0.25, 0.3) is 0 Å². The summed E-state index contributed by atoms with van der Waals surface area (Å²) in [6.45, 7) is 7.34. The van der Waals surface area contributed by atoms with Gasteiger partial charge in [-0.15, -0.1) is 0 Å². The van der Waals surface area contributed by atoms with Crippen LogP contribution in [0.4, 0.5) is 5.69 Å². The van der Waals surface area contributed by atoms with Gasteiger partial charge in [0.05, 0.1) is 11.3 Å². The first-order valence-corrected chi connectivity index (χ1v) is 6.15. The van der Waals surface area contributed by atoms with Crippen LogP contribution in [0.15, 0.2) is 61.7 Å². The van der Waals surface area contributed by atoms with E-state index in [0.717, 1.165) is 11.1 Å². The molecule has 3 nitrogen and oxygen atoms in total. The third kappa shape index (κ3) is 3.36. The molecule has 0 aromatic heterocycles. The fraction of sp³-hybridized carbons (Fsp3) is 0. The molecule has 0 unspecified atom stereocenters. The third-order valence-corrected chi connectivity index (χ3v) is 2.79. The first kappa shape index (κ1) is 13.6. The lowest BCUT2D eigenvalue weighted by Gasteiger charge is -2.07. The van der Waals surface area contributed by atoms with Crippen molar-refractivity contribution in [3.8, 4) is 0 Å². The second kappa shape index (κ2) is 6.38. The van der Waals surface area contributed by atoms with E-state index in [-0.39, 0.29) is 0 Å². The summed E-state index contributed by atoms with van der Waals surface area (Å²) in [6.07, 6.45) is 3.46. The van der Waals surface area contributed by atoms with Gasteiger partial charge in [0.15, 0.2) is 0 Å². The second-order valence-electron chi connectivity index (χ2n) is 4.14. The Morgan fingerprint density at radius 3 is 1.90 bits per heavy atom. The molecule has 20 heavy (non-hydrogen) atoms. The SMILES string of the molecule is C=Cc1ccc(NOC(=O)c2ccc(C=C)cc2)cc1. The molecule has 0 heterocycles. The Bertz CT molecular complexity index is 612. The highest BCUT2D eigenvalue weighted by molar-refractivity contribution is 5.90. The van der Waals surface area contributed by atoms with E-state index in [0.29, 0.717) is 11.3 Å². The molecule has 0 spiro atoms. The minimum atomic E-state index is -0.437. The van der Waals surface area contributed by atoms with Gasteiger partial charge in [0, 0.05) is 0 Å². The highest BCUT2D eigenvalue weighted by atomic mass is 16.7. The number of hydrogen-bond donors (Lipinski definition) is 1. The second-order valence-corrected chi connectivity index (χ2v) is 4.14. The van der Waals surface area contributed by atoms with E-state index in [1.807, 2.05) is 36.4 Å². The summed E-state index contributed by atoms with van der Waals surface area (Å²) >= 11 is 0. The van der Waals surface area contributed by atoms with Gasteiger partial charge < -0.3 is 4.84 Å².